The van der Waals surface area contributed by atoms with Crippen molar-refractivity contribution in [3.63, 3.8) is 0 Å². The van der Waals surface area contributed by atoms with Crippen LogP contribution in [0.2, 0.25) is 0 Å². The molecule has 0 aromatic heterocycles. The van der Waals surface area contributed by atoms with Gasteiger partial charge >= 0.3 is 0 Å². The van der Waals surface area contributed by atoms with Crippen molar-refractivity contribution in [2.45, 2.75) is 70.6 Å². The molecule has 3 nitrogen and oxygen atoms in total. The van der Waals surface area contributed by atoms with Gasteiger partial charge in [0.2, 0.25) is 5.91 Å². The largest absolute Gasteiger partial charge is 0.323 e. The van der Waals surface area contributed by atoms with Crippen LogP contribution in [-0.2, 0) is 4.79 Å². The maximum atomic E-state index is 12.1. The molecule has 1 saturated heterocycles. The number of hydrogen-bond donors (Lipinski definition) is 1. The molecule has 0 bridgehead atoms. The molecule has 2 rings (SSSR count). The summed E-state index contributed by atoms with van der Waals surface area (Å²) in [5, 5.41) is 3.38. The van der Waals surface area contributed by atoms with Crippen molar-refractivity contribution in [2.75, 3.05) is 0 Å². The summed E-state index contributed by atoms with van der Waals surface area (Å²) in [6, 6.07) is 0.576. The molecule has 86 valence electrons. The lowest BCUT2D eigenvalue weighted by Gasteiger charge is -2.33. The highest BCUT2D eigenvalue weighted by Gasteiger charge is 2.39. The van der Waals surface area contributed by atoms with E-state index in [9.17, 15) is 4.79 Å². The highest BCUT2D eigenvalue weighted by atomic mass is 16.2. The first-order valence-corrected chi connectivity index (χ1v) is 6.32. The van der Waals surface area contributed by atoms with E-state index in [1.54, 1.807) is 0 Å². The molecule has 1 amide bonds. The van der Waals surface area contributed by atoms with Gasteiger partial charge in [-0.05, 0) is 26.2 Å². The zero-order valence-corrected chi connectivity index (χ0v) is 9.83. The lowest BCUT2D eigenvalue weighted by Crippen LogP contribution is -2.44. The lowest BCUT2D eigenvalue weighted by atomic mass is 9.94. The number of carbonyl (C=O) groups is 1. The van der Waals surface area contributed by atoms with E-state index < -0.39 is 0 Å². The van der Waals surface area contributed by atoms with Crippen molar-refractivity contribution < 1.29 is 4.79 Å². The normalized spacial score (nSPS) is 33.7. The molecule has 1 aliphatic heterocycles. The second-order valence-electron chi connectivity index (χ2n) is 4.84. The third kappa shape index (κ3) is 2.03. The molecule has 1 N–H and O–H groups in total. The van der Waals surface area contributed by atoms with E-state index in [2.05, 4.69) is 24.1 Å². The molecular formula is C12H22N2O. The van der Waals surface area contributed by atoms with Crippen molar-refractivity contribution in [1.29, 1.82) is 0 Å². The van der Waals surface area contributed by atoms with E-state index in [-0.39, 0.29) is 12.2 Å². The van der Waals surface area contributed by atoms with Gasteiger partial charge in [0.05, 0.1) is 12.2 Å². The van der Waals surface area contributed by atoms with Gasteiger partial charge in [-0.25, -0.2) is 0 Å². The predicted molar refractivity (Wildman–Crippen MR) is 60.4 cm³/mol. The number of amides is 1. The average molecular weight is 210 g/mol. The van der Waals surface area contributed by atoms with Crippen LogP contribution < -0.4 is 5.32 Å². The third-order valence-corrected chi connectivity index (χ3v) is 3.79. The number of rotatable bonds is 2. The second-order valence-corrected chi connectivity index (χ2v) is 4.84. The summed E-state index contributed by atoms with van der Waals surface area (Å²) in [7, 11) is 0. The summed E-state index contributed by atoms with van der Waals surface area (Å²) in [5.74, 6) is 0.330. The fourth-order valence-electron chi connectivity index (χ4n) is 2.96. The molecule has 1 saturated carbocycles. The predicted octanol–water partition coefficient (Wildman–Crippen LogP) is 1.88. The van der Waals surface area contributed by atoms with Crippen LogP contribution in [0, 0.1) is 0 Å². The van der Waals surface area contributed by atoms with Crippen LogP contribution >= 0.6 is 0 Å². The molecule has 0 spiro atoms. The minimum atomic E-state index is 0.0712. The van der Waals surface area contributed by atoms with Crippen LogP contribution in [0.25, 0.3) is 0 Å². The Morgan fingerprint density at radius 1 is 1.33 bits per heavy atom. The quantitative estimate of drug-likeness (QED) is 0.754. The molecule has 2 aliphatic rings. The fourth-order valence-corrected chi connectivity index (χ4v) is 2.96. The Morgan fingerprint density at radius 3 is 2.53 bits per heavy atom. The monoisotopic (exact) mass is 210 g/mol. The number of carbonyl (C=O) groups excluding carboxylic acids is 1. The minimum Gasteiger partial charge on any atom is -0.323 e. The average Bonchev–Trinajstić information content (AvgIpc) is 2.55. The Morgan fingerprint density at radius 2 is 2.00 bits per heavy atom. The van der Waals surface area contributed by atoms with Crippen LogP contribution in [0.15, 0.2) is 0 Å². The first kappa shape index (κ1) is 10.9. The Labute approximate surface area is 92.2 Å². The van der Waals surface area contributed by atoms with E-state index in [0.29, 0.717) is 11.9 Å². The molecule has 0 aromatic rings. The summed E-state index contributed by atoms with van der Waals surface area (Å²) < 4.78 is 0. The molecule has 2 fully saturated rings. The molecule has 3 heteroatoms. The van der Waals surface area contributed by atoms with Gasteiger partial charge in [0, 0.05) is 6.04 Å². The van der Waals surface area contributed by atoms with Crippen LogP contribution in [-0.4, -0.2) is 29.1 Å². The van der Waals surface area contributed by atoms with Crippen molar-refractivity contribution in [1.82, 2.24) is 10.2 Å². The van der Waals surface area contributed by atoms with Gasteiger partial charge < -0.3 is 4.90 Å². The Hall–Kier alpha value is -0.570. The third-order valence-electron chi connectivity index (χ3n) is 3.79. The van der Waals surface area contributed by atoms with E-state index in [4.69, 9.17) is 0 Å². The highest BCUT2D eigenvalue weighted by molar-refractivity contribution is 5.84. The molecule has 2 unspecified atom stereocenters. The lowest BCUT2D eigenvalue weighted by molar-refractivity contribution is -0.132. The standard InChI is InChI=1S/C12H22N2O/c1-3-11-12(15)14(9(2)13-11)10-7-5-4-6-8-10/h9-11,13H,3-8H2,1-2H3. The Kier molecular flexibility index (Phi) is 3.29. The van der Waals surface area contributed by atoms with Gasteiger partial charge in [0.1, 0.15) is 0 Å². The molecular weight excluding hydrogens is 188 g/mol. The van der Waals surface area contributed by atoms with Crippen molar-refractivity contribution in [3.05, 3.63) is 0 Å². The summed E-state index contributed by atoms with van der Waals surface area (Å²) in [6.07, 6.45) is 7.48. The van der Waals surface area contributed by atoms with Crippen LogP contribution in [0.4, 0.5) is 0 Å². The van der Waals surface area contributed by atoms with Crippen molar-refractivity contribution in [3.8, 4) is 0 Å². The summed E-state index contributed by atoms with van der Waals surface area (Å²) in [5.41, 5.74) is 0. The van der Waals surface area contributed by atoms with Gasteiger partial charge in [0.25, 0.3) is 0 Å². The molecule has 2 atom stereocenters. The van der Waals surface area contributed by atoms with Gasteiger partial charge in [-0.15, -0.1) is 0 Å². The number of hydrogen-bond acceptors (Lipinski definition) is 2. The first-order chi connectivity index (χ1) is 7.24. The van der Waals surface area contributed by atoms with E-state index in [1.165, 1.54) is 32.1 Å². The minimum absolute atomic E-state index is 0.0712. The van der Waals surface area contributed by atoms with Crippen molar-refractivity contribution in [2.24, 2.45) is 0 Å². The van der Waals surface area contributed by atoms with Crippen LogP contribution in [0.5, 0.6) is 0 Å². The zero-order chi connectivity index (χ0) is 10.8. The SMILES string of the molecule is CCC1NC(C)N(C2CCCCC2)C1=O. The molecule has 0 radical (unpaired) electrons. The first-order valence-electron chi connectivity index (χ1n) is 6.32. The number of nitrogens with one attached hydrogen (secondary N) is 1. The Bertz CT molecular complexity index is 236. The molecule has 0 aromatic carbocycles. The van der Waals surface area contributed by atoms with E-state index >= 15 is 0 Å². The van der Waals surface area contributed by atoms with Crippen LogP contribution in [0.3, 0.4) is 0 Å². The maximum absolute atomic E-state index is 12.1. The van der Waals surface area contributed by atoms with Crippen molar-refractivity contribution >= 4 is 5.91 Å². The van der Waals surface area contributed by atoms with E-state index in [1.807, 2.05) is 0 Å². The topological polar surface area (TPSA) is 32.3 Å². The smallest absolute Gasteiger partial charge is 0.241 e. The molecule has 1 aliphatic carbocycles. The maximum Gasteiger partial charge on any atom is 0.241 e. The summed E-state index contributed by atoms with van der Waals surface area (Å²) >= 11 is 0. The highest BCUT2D eigenvalue weighted by Crippen LogP contribution is 2.27. The van der Waals surface area contributed by atoms with Gasteiger partial charge in [-0.1, -0.05) is 26.2 Å². The Balaban J connectivity index is 2.04. The fraction of sp³-hybridized carbons (Fsp3) is 0.917. The van der Waals surface area contributed by atoms with E-state index in [0.717, 1.165) is 6.42 Å². The number of nitrogens with zero attached hydrogens (tertiary/aromatic N) is 1. The van der Waals surface area contributed by atoms with Gasteiger partial charge in [-0.2, -0.15) is 0 Å². The van der Waals surface area contributed by atoms with Gasteiger partial charge in [-0.3, -0.25) is 10.1 Å². The molecule has 1 heterocycles. The van der Waals surface area contributed by atoms with Gasteiger partial charge in [0.15, 0.2) is 0 Å². The van der Waals surface area contributed by atoms with Crippen LogP contribution in [0.1, 0.15) is 52.4 Å². The molecule has 15 heavy (non-hydrogen) atoms. The second kappa shape index (κ2) is 4.52. The summed E-state index contributed by atoms with van der Waals surface area (Å²) in [6.45, 7) is 4.19. The summed E-state index contributed by atoms with van der Waals surface area (Å²) in [4.78, 5) is 14.2. The zero-order valence-electron chi connectivity index (χ0n) is 9.83.